The monoisotopic (exact) mass is 429 g/mol. The van der Waals surface area contributed by atoms with E-state index in [0.717, 1.165) is 16.0 Å². The zero-order valence-electron chi connectivity index (χ0n) is 18.1. The highest BCUT2D eigenvalue weighted by molar-refractivity contribution is 7.17. The van der Waals surface area contributed by atoms with Crippen molar-refractivity contribution in [3.63, 3.8) is 0 Å². The molecule has 0 aliphatic rings. The number of aromatic amines is 1. The van der Waals surface area contributed by atoms with Crippen LogP contribution in [0.15, 0.2) is 40.5 Å². The first kappa shape index (κ1) is 22.6. The van der Waals surface area contributed by atoms with Gasteiger partial charge >= 0.3 is 0 Å². The lowest BCUT2D eigenvalue weighted by Gasteiger charge is -2.28. The third-order valence-electron chi connectivity index (χ3n) is 4.87. The van der Waals surface area contributed by atoms with Gasteiger partial charge in [0.1, 0.15) is 10.7 Å². The van der Waals surface area contributed by atoms with Gasteiger partial charge < -0.3 is 14.8 Å². The Labute approximate surface area is 181 Å². The molecule has 30 heavy (non-hydrogen) atoms. The Hall–Kier alpha value is -2.06. The van der Waals surface area contributed by atoms with E-state index in [2.05, 4.69) is 37.6 Å². The van der Waals surface area contributed by atoms with Gasteiger partial charge in [0.25, 0.3) is 5.56 Å². The number of aliphatic hydroxyl groups is 1. The summed E-state index contributed by atoms with van der Waals surface area (Å²) in [6.07, 6.45) is -0.590. The normalized spacial score (nSPS) is 13.1. The number of hydrogen-bond donors (Lipinski definition) is 2. The van der Waals surface area contributed by atoms with Crippen LogP contribution in [0.1, 0.15) is 33.5 Å². The van der Waals surface area contributed by atoms with Crippen LogP contribution >= 0.6 is 11.3 Å². The van der Waals surface area contributed by atoms with Crippen LogP contribution in [0.3, 0.4) is 0 Å². The number of benzene rings is 1. The highest BCUT2D eigenvalue weighted by Crippen LogP contribution is 2.30. The molecule has 2 N–H and O–H groups in total. The number of aromatic nitrogens is 2. The summed E-state index contributed by atoms with van der Waals surface area (Å²) in [7, 11) is 0. The SMILES string of the molecule is CC(C)COCC(O)CN(Cc1nc2scc(-c3ccccc3)c2c(=O)[nH]1)C(C)C. The average molecular weight is 430 g/mol. The molecule has 3 aromatic rings. The number of aliphatic hydroxyl groups excluding tert-OH is 1. The second-order valence-electron chi connectivity index (χ2n) is 8.32. The van der Waals surface area contributed by atoms with Gasteiger partial charge in [0.05, 0.1) is 24.6 Å². The summed E-state index contributed by atoms with van der Waals surface area (Å²) in [5.41, 5.74) is 1.80. The topological polar surface area (TPSA) is 78.5 Å². The quantitative estimate of drug-likeness (QED) is 0.511. The number of fused-ring (bicyclic) bond motifs is 1. The van der Waals surface area contributed by atoms with Crippen LogP contribution in [0, 0.1) is 5.92 Å². The van der Waals surface area contributed by atoms with Gasteiger partial charge in [-0.25, -0.2) is 4.98 Å². The van der Waals surface area contributed by atoms with E-state index in [0.29, 0.717) is 43.4 Å². The summed E-state index contributed by atoms with van der Waals surface area (Å²) in [5, 5.41) is 13.0. The largest absolute Gasteiger partial charge is 0.389 e. The lowest BCUT2D eigenvalue weighted by Crippen LogP contribution is -2.39. The van der Waals surface area contributed by atoms with Crippen molar-refractivity contribution >= 4 is 21.6 Å². The second-order valence-corrected chi connectivity index (χ2v) is 9.17. The molecular formula is C23H31N3O3S. The third kappa shape index (κ3) is 5.76. The van der Waals surface area contributed by atoms with Crippen molar-refractivity contribution < 1.29 is 9.84 Å². The maximum Gasteiger partial charge on any atom is 0.260 e. The standard InChI is InChI=1S/C23H31N3O3S/c1-15(2)12-29-13-18(27)10-26(16(3)4)11-20-24-22(28)21-19(14-30-23(21)25-20)17-8-6-5-7-9-17/h5-9,14-16,18,27H,10-13H2,1-4H3,(H,24,25,28). The maximum atomic E-state index is 12.9. The Bertz CT molecular complexity index is 998. The molecule has 0 fully saturated rings. The van der Waals surface area contributed by atoms with Crippen molar-refractivity contribution in [2.24, 2.45) is 5.92 Å². The minimum absolute atomic E-state index is 0.125. The fourth-order valence-electron chi connectivity index (χ4n) is 3.31. The van der Waals surface area contributed by atoms with Crippen molar-refractivity contribution in [2.45, 2.75) is 46.4 Å². The van der Waals surface area contributed by atoms with Crippen molar-refractivity contribution in [1.82, 2.24) is 14.9 Å². The number of ether oxygens (including phenoxy) is 1. The lowest BCUT2D eigenvalue weighted by atomic mass is 10.1. The minimum atomic E-state index is -0.590. The van der Waals surface area contributed by atoms with Gasteiger partial charge in [-0.05, 0) is 25.3 Å². The highest BCUT2D eigenvalue weighted by Gasteiger charge is 2.19. The summed E-state index contributed by atoms with van der Waals surface area (Å²) in [6.45, 7) is 10.1. The fraction of sp³-hybridized carbons (Fsp3) is 0.478. The molecule has 0 spiro atoms. The number of nitrogens with zero attached hydrogens (tertiary/aromatic N) is 2. The van der Waals surface area contributed by atoms with E-state index in [1.165, 1.54) is 11.3 Å². The minimum Gasteiger partial charge on any atom is -0.389 e. The van der Waals surface area contributed by atoms with E-state index >= 15 is 0 Å². The molecule has 0 aliphatic carbocycles. The predicted molar refractivity (Wildman–Crippen MR) is 123 cm³/mol. The van der Waals surface area contributed by atoms with Crippen molar-refractivity contribution in [3.8, 4) is 11.1 Å². The molecule has 1 aromatic carbocycles. The van der Waals surface area contributed by atoms with Crippen LogP contribution in [0.25, 0.3) is 21.3 Å². The summed E-state index contributed by atoms with van der Waals surface area (Å²) < 4.78 is 5.56. The van der Waals surface area contributed by atoms with Crippen LogP contribution in [-0.4, -0.2) is 51.9 Å². The van der Waals surface area contributed by atoms with Crippen LogP contribution in [0.5, 0.6) is 0 Å². The highest BCUT2D eigenvalue weighted by atomic mass is 32.1. The molecule has 1 atom stereocenters. The van der Waals surface area contributed by atoms with Gasteiger partial charge in [-0.1, -0.05) is 44.2 Å². The van der Waals surface area contributed by atoms with E-state index < -0.39 is 6.10 Å². The first-order valence-electron chi connectivity index (χ1n) is 10.4. The molecule has 7 heteroatoms. The summed E-state index contributed by atoms with van der Waals surface area (Å²) in [6, 6.07) is 10.1. The number of H-pyrrole nitrogens is 1. The molecule has 0 saturated carbocycles. The van der Waals surface area contributed by atoms with E-state index in [1.54, 1.807) is 0 Å². The molecule has 0 aliphatic heterocycles. The number of rotatable bonds is 10. The predicted octanol–water partition coefficient (Wildman–Crippen LogP) is 3.90. The summed E-state index contributed by atoms with van der Waals surface area (Å²) in [5.74, 6) is 1.05. The van der Waals surface area contributed by atoms with E-state index in [-0.39, 0.29) is 11.6 Å². The Balaban J connectivity index is 1.76. The number of hydrogen-bond acceptors (Lipinski definition) is 6. The lowest BCUT2D eigenvalue weighted by molar-refractivity contribution is 0.00129. The van der Waals surface area contributed by atoms with Gasteiger partial charge in [-0.3, -0.25) is 9.69 Å². The smallest absolute Gasteiger partial charge is 0.260 e. The van der Waals surface area contributed by atoms with Gasteiger partial charge in [0.15, 0.2) is 0 Å². The molecule has 0 radical (unpaired) electrons. The zero-order chi connectivity index (χ0) is 21.7. The summed E-state index contributed by atoms with van der Waals surface area (Å²) >= 11 is 1.48. The van der Waals surface area contributed by atoms with Crippen molar-refractivity contribution in [1.29, 1.82) is 0 Å². The van der Waals surface area contributed by atoms with E-state index in [4.69, 9.17) is 9.72 Å². The van der Waals surface area contributed by atoms with Gasteiger partial charge in [-0.15, -0.1) is 11.3 Å². The molecular weight excluding hydrogens is 398 g/mol. The average Bonchev–Trinajstić information content (AvgIpc) is 3.12. The van der Waals surface area contributed by atoms with E-state index in [9.17, 15) is 9.90 Å². The van der Waals surface area contributed by atoms with Crippen LogP contribution < -0.4 is 5.56 Å². The Morgan fingerprint density at radius 2 is 1.90 bits per heavy atom. The zero-order valence-corrected chi connectivity index (χ0v) is 18.9. The van der Waals surface area contributed by atoms with Crippen LogP contribution in [-0.2, 0) is 11.3 Å². The molecule has 0 bridgehead atoms. The summed E-state index contributed by atoms with van der Waals surface area (Å²) in [4.78, 5) is 23.3. The molecule has 3 rings (SSSR count). The van der Waals surface area contributed by atoms with Crippen LogP contribution in [0.2, 0.25) is 0 Å². The van der Waals surface area contributed by atoms with Crippen molar-refractivity contribution in [3.05, 3.63) is 51.9 Å². The first-order chi connectivity index (χ1) is 14.3. The molecule has 162 valence electrons. The molecule has 1 unspecified atom stereocenters. The Morgan fingerprint density at radius 3 is 2.57 bits per heavy atom. The van der Waals surface area contributed by atoms with Gasteiger partial charge in [0.2, 0.25) is 0 Å². The van der Waals surface area contributed by atoms with E-state index in [1.807, 2.05) is 35.7 Å². The molecule has 2 heterocycles. The number of nitrogens with one attached hydrogen (secondary N) is 1. The van der Waals surface area contributed by atoms with Gasteiger partial charge in [0, 0.05) is 30.1 Å². The fourth-order valence-corrected chi connectivity index (χ4v) is 4.28. The maximum absolute atomic E-state index is 12.9. The Morgan fingerprint density at radius 1 is 1.17 bits per heavy atom. The first-order valence-corrected chi connectivity index (χ1v) is 11.3. The molecule has 0 saturated heterocycles. The molecule has 2 aromatic heterocycles. The third-order valence-corrected chi connectivity index (χ3v) is 5.74. The molecule has 6 nitrogen and oxygen atoms in total. The number of thiophene rings is 1. The van der Waals surface area contributed by atoms with Crippen molar-refractivity contribution in [2.75, 3.05) is 19.8 Å². The molecule has 0 amide bonds. The van der Waals surface area contributed by atoms with Crippen LogP contribution in [0.4, 0.5) is 0 Å². The Kier molecular flexibility index (Phi) is 7.77. The van der Waals surface area contributed by atoms with Gasteiger partial charge in [-0.2, -0.15) is 0 Å². The second kappa shape index (κ2) is 10.3.